The Kier molecular flexibility index (Phi) is 4.87. The third kappa shape index (κ3) is 4.56. The Balaban J connectivity index is 1.87. The molecule has 110 valence electrons. The van der Waals surface area contributed by atoms with Crippen molar-refractivity contribution in [1.82, 2.24) is 9.97 Å². The Morgan fingerprint density at radius 3 is 2.57 bits per heavy atom. The van der Waals surface area contributed by atoms with E-state index in [1.165, 1.54) is 11.1 Å². The van der Waals surface area contributed by atoms with Crippen molar-refractivity contribution in [3.63, 3.8) is 0 Å². The standard InChI is InChI=1S/C16H20N4O/c1-12-5-4-6-13(9-12)7-8-15(21)19-14-10-17-16(18-11-14)20(2)3/h4-6,9-11H,7-8H2,1-3H3,(H,19,21). The highest BCUT2D eigenvalue weighted by Crippen LogP contribution is 2.10. The van der Waals surface area contributed by atoms with Crippen LogP contribution >= 0.6 is 0 Å². The fraction of sp³-hybridized carbons (Fsp3) is 0.312. The van der Waals surface area contributed by atoms with Gasteiger partial charge in [-0.3, -0.25) is 4.79 Å². The molecule has 0 radical (unpaired) electrons. The number of benzene rings is 1. The van der Waals surface area contributed by atoms with Crippen LogP contribution in [0.1, 0.15) is 17.5 Å². The number of anilines is 2. The van der Waals surface area contributed by atoms with Crippen LogP contribution in [-0.4, -0.2) is 30.0 Å². The number of amides is 1. The highest BCUT2D eigenvalue weighted by Gasteiger charge is 2.05. The maximum atomic E-state index is 11.9. The van der Waals surface area contributed by atoms with Crippen LogP contribution in [-0.2, 0) is 11.2 Å². The monoisotopic (exact) mass is 284 g/mol. The molecular formula is C16H20N4O. The first kappa shape index (κ1) is 15.0. The maximum Gasteiger partial charge on any atom is 0.224 e. The van der Waals surface area contributed by atoms with Gasteiger partial charge in [0.15, 0.2) is 0 Å². The van der Waals surface area contributed by atoms with E-state index in [0.717, 1.165) is 6.42 Å². The normalized spacial score (nSPS) is 10.2. The summed E-state index contributed by atoms with van der Waals surface area (Å²) in [6.07, 6.45) is 4.41. The number of nitrogens with zero attached hydrogens (tertiary/aromatic N) is 3. The van der Waals surface area contributed by atoms with Crippen molar-refractivity contribution < 1.29 is 4.79 Å². The van der Waals surface area contributed by atoms with Gasteiger partial charge in [0, 0.05) is 20.5 Å². The van der Waals surface area contributed by atoms with E-state index < -0.39 is 0 Å². The fourth-order valence-electron chi connectivity index (χ4n) is 1.97. The number of carbonyl (C=O) groups is 1. The quantitative estimate of drug-likeness (QED) is 0.916. The van der Waals surface area contributed by atoms with Crippen LogP contribution in [0.2, 0.25) is 0 Å². The topological polar surface area (TPSA) is 58.1 Å². The molecule has 2 rings (SSSR count). The number of rotatable bonds is 5. The maximum absolute atomic E-state index is 11.9. The molecule has 5 heteroatoms. The van der Waals surface area contributed by atoms with E-state index in [9.17, 15) is 4.79 Å². The summed E-state index contributed by atoms with van der Waals surface area (Å²) in [7, 11) is 3.74. The van der Waals surface area contributed by atoms with Gasteiger partial charge in [-0.2, -0.15) is 0 Å². The molecule has 0 bridgehead atoms. The molecule has 1 aromatic carbocycles. The second kappa shape index (κ2) is 6.83. The number of aryl methyl sites for hydroxylation is 2. The van der Waals surface area contributed by atoms with E-state index in [-0.39, 0.29) is 5.91 Å². The lowest BCUT2D eigenvalue weighted by molar-refractivity contribution is -0.116. The largest absolute Gasteiger partial charge is 0.347 e. The molecule has 1 N–H and O–H groups in total. The minimum absolute atomic E-state index is 0.0299. The second-order valence-electron chi connectivity index (χ2n) is 5.20. The van der Waals surface area contributed by atoms with Gasteiger partial charge in [0.25, 0.3) is 0 Å². The van der Waals surface area contributed by atoms with Gasteiger partial charge in [-0.25, -0.2) is 9.97 Å². The molecule has 0 aliphatic carbocycles. The zero-order valence-corrected chi connectivity index (χ0v) is 12.6. The minimum atomic E-state index is -0.0299. The summed E-state index contributed by atoms with van der Waals surface area (Å²) in [6.45, 7) is 2.05. The van der Waals surface area contributed by atoms with Gasteiger partial charge in [0.2, 0.25) is 11.9 Å². The number of carbonyl (C=O) groups excluding carboxylic acids is 1. The average molecular weight is 284 g/mol. The zero-order valence-electron chi connectivity index (χ0n) is 12.6. The molecule has 0 unspecified atom stereocenters. The molecule has 0 fully saturated rings. The van der Waals surface area contributed by atoms with Gasteiger partial charge < -0.3 is 10.2 Å². The van der Waals surface area contributed by atoms with E-state index in [1.807, 2.05) is 44.1 Å². The van der Waals surface area contributed by atoms with Crippen LogP contribution in [0.25, 0.3) is 0 Å². The van der Waals surface area contributed by atoms with Crippen molar-refractivity contribution in [3.8, 4) is 0 Å². The lowest BCUT2D eigenvalue weighted by Gasteiger charge is -2.10. The van der Waals surface area contributed by atoms with Crippen LogP contribution in [0.3, 0.4) is 0 Å². The third-order valence-electron chi connectivity index (χ3n) is 3.05. The van der Waals surface area contributed by atoms with E-state index in [4.69, 9.17) is 0 Å². The summed E-state index contributed by atoms with van der Waals surface area (Å²) in [5.74, 6) is 0.588. The molecule has 0 aliphatic rings. The number of aromatic nitrogens is 2. The molecule has 0 aliphatic heterocycles. The van der Waals surface area contributed by atoms with E-state index >= 15 is 0 Å². The molecular weight excluding hydrogens is 264 g/mol. The predicted octanol–water partition coefficient (Wildman–Crippen LogP) is 2.42. The van der Waals surface area contributed by atoms with Crippen LogP contribution in [0.15, 0.2) is 36.7 Å². The van der Waals surface area contributed by atoms with Crippen LogP contribution in [0, 0.1) is 6.92 Å². The molecule has 1 heterocycles. The SMILES string of the molecule is Cc1cccc(CCC(=O)Nc2cnc(N(C)C)nc2)c1. The smallest absolute Gasteiger partial charge is 0.224 e. The summed E-state index contributed by atoms with van der Waals surface area (Å²) < 4.78 is 0. The van der Waals surface area contributed by atoms with Crippen molar-refractivity contribution in [2.24, 2.45) is 0 Å². The van der Waals surface area contributed by atoms with Crippen molar-refractivity contribution in [2.75, 3.05) is 24.3 Å². The summed E-state index contributed by atoms with van der Waals surface area (Å²) in [4.78, 5) is 22.0. The molecule has 0 saturated heterocycles. The molecule has 0 spiro atoms. The summed E-state index contributed by atoms with van der Waals surface area (Å²) in [5, 5.41) is 2.81. The van der Waals surface area contributed by atoms with Gasteiger partial charge in [-0.05, 0) is 18.9 Å². The fourth-order valence-corrected chi connectivity index (χ4v) is 1.97. The highest BCUT2D eigenvalue weighted by atomic mass is 16.1. The van der Waals surface area contributed by atoms with E-state index in [2.05, 4.69) is 21.4 Å². The predicted molar refractivity (Wildman–Crippen MR) is 84.5 cm³/mol. The van der Waals surface area contributed by atoms with Gasteiger partial charge in [-0.1, -0.05) is 29.8 Å². The van der Waals surface area contributed by atoms with E-state index in [1.54, 1.807) is 12.4 Å². The van der Waals surface area contributed by atoms with Gasteiger partial charge in [-0.15, -0.1) is 0 Å². The third-order valence-corrected chi connectivity index (χ3v) is 3.05. The first-order chi connectivity index (χ1) is 10.0. The number of hydrogen-bond donors (Lipinski definition) is 1. The van der Waals surface area contributed by atoms with Crippen LogP contribution in [0.4, 0.5) is 11.6 Å². The second-order valence-corrected chi connectivity index (χ2v) is 5.20. The average Bonchev–Trinajstić information content (AvgIpc) is 2.46. The van der Waals surface area contributed by atoms with Crippen LogP contribution in [0.5, 0.6) is 0 Å². The van der Waals surface area contributed by atoms with Crippen molar-refractivity contribution in [3.05, 3.63) is 47.8 Å². The van der Waals surface area contributed by atoms with Crippen molar-refractivity contribution >= 4 is 17.5 Å². The molecule has 1 aromatic heterocycles. The Bertz CT molecular complexity index is 608. The van der Waals surface area contributed by atoms with E-state index in [0.29, 0.717) is 18.1 Å². The first-order valence-electron chi connectivity index (χ1n) is 6.89. The lowest BCUT2D eigenvalue weighted by Crippen LogP contribution is -2.15. The molecule has 1 amide bonds. The molecule has 0 saturated carbocycles. The Hall–Kier alpha value is -2.43. The van der Waals surface area contributed by atoms with Gasteiger partial charge in [0.1, 0.15) is 0 Å². The molecule has 21 heavy (non-hydrogen) atoms. The molecule has 5 nitrogen and oxygen atoms in total. The number of nitrogens with one attached hydrogen (secondary N) is 1. The summed E-state index contributed by atoms with van der Waals surface area (Å²) in [6, 6.07) is 8.20. The van der Waals surface area contributed by atoms with Gasteiger partial charge >= 0.3 is 0 Å². The number of hydrogen-bond acceptors (Lipinski definition) is 4. The van der Waals surface area contributed by atoms with Crippen molar-refractivity contribution in [2.45, 2.75) is 19.8 Å². The summed E-state index contributed by atoms with van der Waals surface area (Å²) in [5.41, 5.74) is 3.00. The zero-order chi connectivity index (χ0) is 15.2. The Morgan fingerprint density at radius 2 is 1.95 bits per heavy atom. The first-order valence-corrected chi connectivity index (χ1v) is 6.89. The molecule has 2 aromatic rings. The lowest BCUT2D eigenvalue weighted by atomic mass is 10.1. The Labute approximate surface area is 125 Å². The summed E-state index contributed by atoms with van der Waals surface area (Å²) >= 11 is 0. The Morgan fingerprint density at radius 1 is 1.24 bits per heavy atom. The van der Waals surface area contributed by atoms with Crippen LogP contribution < -0.4 is 10.2 Å². The highest BCUT2D eigenvalue weighted by molar-refractivity contribution is 5.90. The molecule has 0 atom stereocenters. The van der Waals surface area contributed by atoms with Crippen molar-refractivity contribution in [1.29, 1.82) is 0 Å². The van der Waals surface area contributed by atoms with Gasteiger partial charge in [0.05, 0.1) is 18.1 Å². The minimum Gasteiger partial charge on any atom is -0.347 e.